The van der Waals surface area contributed by atoms with Gasteiger partial charge in [-0.25, -0.2) is 4.52 Å². The van der Waals surface area contributed by atoms with E-state index in [4.69, 9.17) is 25.7 Å². The lowest BCUT2D eigenvalue weighted by Crippen LogP contribution is -2.39. The molecule has 0 saturated carbocycles. The average Bonchev–Trinajstić information content (AvgIpc) is 2.61. The van der Waals surface area contributed by atoms with Gasteiger partial charge in [0.15, 0.2) is 11.8 Å². The molecule has 8 heteroatoms. The molecule has 0 spiro atoms. The number of rotatable bonds is 8. The summed E-state index contributed by atoms with van der Waals surface area (Å²) in [6.07, 6.45) is -0.314. The minimum atomic E-state index is -2.58. The van der Waals surface area contributed by atoms with Gasteiger partial charge < -0.3 is 9.57 Å². The Labute approximate surface area is 158 Å². The molecule has 2 aromatic carbocycles. The molecular weight excluding hydrogens is 377 g/mol. The highest BCUT2D eigenvalue weighted by Gasteiger charge is 2.44. The molecule has 6 nitrogen and oxygen atoms in total. The topological polar surface area (TPSA) is 65.1 Å². The fourth-order valence-electron chi connectivity index (χ4n) is 1.91. The summed E-state index contributed by atoms with van der Waals surface area (Å²) in [6, 6.07) is 14.3. The molecule has 0 fully saturated rings. The normalized spacial score (nSPS) is 12.6. The largest absolute Gasteiger partial charge is 0.704 e. The van der Waals surface area contributed by atoms with E-state index >= 15 is 0 Å². The number of hydrogen-bond acceptors (Lipinski definition) is 5. The third-order valence-corrected chi connectivity index (χ3v) is 4.56. The van der Waals surface area contributed by atoms with Crippen LogP contribution in [0.5, 0.6) is 11.5 Å². The number of nitrogens with zero attached hydrogens (tertiary/aromatic N) is 1. The summed E-state index contributed by atoms with van der Waals surface area (Å²) < 4.78 is 23.4. The number of esters is 1. The van der Waals surface area contributed by atoms with Crippen LogP contribution in [-0.2, 0) is 14.1 Å². The van der Waals surface area contributed by atoms with Crippen LogP contribution in [0.4, 0.5) is 0 Å². The van der Waals surface area contributed by atoms with E-state index in [1.807, 2.05) is 6.07 Å². The van der Waals surface area contributed by atoms with Crippen molar-refractivity contribution >= 4 is 25.7 Å². The van der Waals surface area contributed by atoms with Gasteiger partial charge >= 0.3 is 14.1 Å². The van der Waals surface area contributed by atoms with E-state index in [9.17, 15) is 9.36 Å². The van der Waals surface area contributed by atoms with Gasteiger partial charge in [-0.2, -0.15) is 0 Å². The van der Waals surface area contributed by atoms with Crippen molar-refractivity contribution in [3.8, 4) is 11.5 Å². The summed E-state index contributed by atoms with van der Waals surface area (Å²) in [5.74, 6) is 0.0474. The Balaban J connectivity index is 2.22. The predicted octanol–water partition coefficient (Wildman–Crippen LogP) is 5.01. The molecule has 2 rings (SSSR count). The van der Waals surface area contributed by atoms with Crippen LogP contribution in [0.2, 0.25) is 5.02 Å². The smallest absolute Gasteiger partial charge is 0.462 e. The van der Waals surface area contributed by atoms with Crippen molar-refractivity contribution < 1.29 is 23.5 Å². The number of ether oxygens (including phenoxy) is 1. The van der Waals surface area contributed by atoms with Crippen LogP contribution in [0.25, 0.3) is 0 Å². The van der Waals surface area contributed by atoms with Crippen LogP contribution in [0.3, 0.4) is 0 Å². The van der Waals surface area contributed by atoms with E-state index in [0.29, 0.717) is 10.8 Å². The first-order valence-corrected chi connectivity index (χ1v) is 9.51. The van der Waals surface area contributed by atoms with E-state index in [2.05, 4.69) is 0 Å². The van der Waals surface area contributed by atoms with Crippen LogP contribution in [0.1, 0.15) is 20.8 Å². The predicted molar refractivity (Wildman–Crippen MR) is 99.3 cm³/mol. The monoisotopic (exact) mass is 396 g/mol. The fraction of sp³-hybridized carbons (Fsp3) is 0.278. The molecule has 0 N–H and O–H groups in total. The highest BCUT2D eigenvalue weighted by molar-refractivity contribution is 7.36. The maximum absolute atomic E-state index is 12.8. The van der Waals surface area contributed by atoms with Crippen molar-refractivity contribution in [1.82, 2.24) is 4.83 Å². The maximum atomic E-state index is 12.8. The minimum Gasteiger partial charge on any atom is -0.462 e. The van der Waals surface area contributed by atoms with Gasteiger partial charge in [-0.15, -0.1) is 0 Å². The van der Waals surface area contributed by atoms with Gasteiger partial charge in [0.2, 0.25) is 5.75 Å². The molecule has 0 aromatic heterocycles. The number of benzene rings is 2. The third kappa shape index (κ3) is 5.70. The Kier molecular flexibility index (Phi) is 7.39. The maximum Gasteiger partial charge on any atom is 0.704 e. The van der Waals surface area contributed by atoms with E-state index in [-0.39, 0.29) is 11.9 Å². The van der Waals surface area contributed by atoms with E-state index in [0.717, 1.165) is 4.83 Å². The van der Waals surface area contributed by atoms with Crippen molar-refractivity contribution in [3.63, 3.8) is 0 Å². The Hall–Kier alpha value is -2.14. The summed E-state index contributed by atoms with van der Waals surface area (Å²) in [6.45, 7) is 4.98. The molecule has 26 heavy (non-hydrogen) atoms. The highest BCUT2D eigenvalue weighted by Crippen LogP contribution is 2.37. The van der Waals surface area contributed by atoms with Crippen LogP contribution in [0.15, 0.2) is 54.6 Å². The summed E-state index contributed by atoms with van der Waals surface area (Å²) in [7, 11) is -2.58. The summed E-state index contributed by atoms with van der Waals surface area (Å²) in [5.41, 5.74) is 0. The van der Waals surface area contributed by atoms with Crippen LogP contribution in [0, 0.1) is 0 Å². The lowest BCUT2D eigenvalue weighted by molar-refractivity contribution is -0.158. The zero-order valence-electron chi connectivity index (χ0n) is 14.7. The molecule has 2 unspecified atom stereocenters. The van der Waals surface area contributed by atoms with Crippen molar-refractivity contribution in [1.29, 1.82) is 0 Å². The standard InChI is InChI=1S/C18H20ClNO5P/c1-13(2)23-18(21)14(3)20(24-15-9-5-4-6-10-15)26(22)25-17-12-8-7-11-16(17)19/h4-14H,1-3H3/q+1. The Morgan fingerprint density at radius 1 is 1.04 bits per heavy atom. The molecule has 2 aromatic rings. The molecule has 2 atom stereocenters. The molecule has 0 radical (unpaired) electrons. The summed E-state index contributed by atoms with van der Waals surface area (Å²) in [4.78, 5) is 18.9. The second-order valence-electron chi connectivity index (χ2n) is 5.63. The Bertz CT molecular complexity index is 756. The highest BCUT2D eigenvalue weighted by atomic mass is 35.5. The lowest BCUT2D eigenvalue weighted by Gasteiger charge is -2.18. The van der Waals surface area contributed by atoms with Crippen molar-refractivity contribution in [2.45, 2.75) is 32.9 Å². The Morgan fingerprint density at radius 2 is 1.65 bits per heavy atom. The van der Waals surface area contributed by atoms with Gasteiger partial charge in [-0.05, 0) is 45.0 Å². The van der Waals surface area contributed by atoms with E-state index < -0.39 is 20.2 Å². The second kappa shape index (κ2) is 9.53. The SMILES string of the molecule is CC(C)OC(=O)C(C)N(Oc1ccccc1)[P+](=O)Oc1ccccc1Cl. The van der Waals surface area contributed by atoms with Crippen molar-refractivity contribution in [2.75, 3.05) is 0 Å². The van der Waals surface area contributed by atoms with Crippen LogP contribution in [-0.4, -0.2) is 22.9 Å². The first-order chi connectivity index (χ1) is 12.4. The zero-order valence-corrected chi connectivity index (χ0v) is 16.3. The summed E-state index contributed by atoms with van der Waals surface area (Å²) in [5, 5.41) is 0.299. The van der Waals surface area contributed by atoms with E-state index in [1.54, 1.807) is 62.4 Å². The van der Waals surface area contributed by atoms with Gasteiger partial charge in [0.25, 0.3) is 0 Å². The van der Waals surface area contributed by atoms with Crippen molar-refractivity contribution in [3.05, 3.63) is 59.6 Å². The molecule has 0 aliphatic rings. The second-order valence-corrected chi connectivity index (χ2v) is 7.09. The molecule has 0 amide bonds. The molecule has 0 aliphatic heterocycles. The van der Waals surface area contributed by atoms with E-state index in [1.165, 1.54) is 6.92 Å². The van der Waals surface area contributed by atoms with Crippen LogP contribution < -0.4 is 9.36 Å². The fourth-order valence-corrected chi connectivity index (χ4v) is 3.08. The lowest BCUT2D eigenvalue weighted by atomic mass is 10.3. The molecule has 0 saturated heterocycles. The quantitative estimate of drug-likeness (QED) is 0.355. The van der Waals surface area contributed by atoms with Gasteiger partial charge in [-0.1, -0.05) is 41.9 Å². The number of hydroxylamine groups is 1. The number of hydrogen-bond donors (Lipinski definition) is 0. The molecule has 0 aliphatic carbocycles. The number of carbonyl (C=O) groups is 1. The van der Waals surface area contributed by atoms with Crippen LogP contribution >= 0.6 is 19.8 Å². The molecule has 138 valence electrons. The average molecular weight is 397 g/mol. The van der Waals surface area contributed by atoms with Gasteiger partial charge in [0, 0.05) is 4.57 Å². The number of halogens is 1. The van der Waals surface area contributed by atoms with Gasteiger partial charge in [-0.3, -0.25) is 4.79 Å². The zero-order chi connectivity index (χ0) is 19.1. The first-order valence-electron chi connectivity index (χ1n) is 8.01. The van der Waals surface area contributed by atoms with Crippen molar-refractivity contribution in [2.24, 2.45) is 0 Å². The first kappa shape index (κ1) is 20.2. The van der Waals surface area contributed by atoms with Gasteiger partial charge in [0.05, 0.1) is 11.1 Å². The molecular formula is C18H20ClNO5P+. The number of para-hydroxylation sites is 2. The Morgan fingerprint density at radius 3 is 2.27 bits per heavy atom. The van der Waals surface area contributed by atoms with Gasteiger partial charge in [0.1, 0.15) is 4.83 Å². The number of carbonyl (C=O) groups excluding carboxylic acids is 1. The molecule has 0 heterocycles. The minimum absolute atomic E-state index is 0.223. The molecule has 0 bridgehead atoms. The third-order valence-electron chi connectivity index (χ3n) is 3.14. The summed E-state index contributed by atoms with van der Waals surface area (Å²) >= 11 is 6.04.